The van der Waals surface area contributed by atoms with Gasteiger partial charge < -0.3 is 10.0 Å². The lowest BCUT2D eigenvalue weighted by Crippen LogP contribution is -2.38. The van der Waals surface area contributed by atoms with Gasteiger partial charge in [0.05, 0.1) is 0 Å². The molecular weight excluding hydrogens is 130 g/mol. The van der Waals surface area contributed by atoms with Crippen molar-refractivity contribution in [2.45, 2.75) is 39.5 Å². The van der Waals surface area contributed by atoms with E-state index >= 15 is 0 Å². The monoisotopic (exact) mass is 144 g/mol. The Balaban J connectivity index is 3.92. The third kappa shape index (κ3) is 2.35. The highest BCUT2D eigenvalue weighted by atomic mass is 16.3. The molecule has 0 aliphatic heterocycles. The van der Waals surface area contributed by atoms with E-state index in [0.29, 0.717) is 0 Å². The Labute approximate surface area is 61.6 Å². The van der Waals surface area contributed by atoms with Crippen molar-refractivity contribution in [3.8, 4) is 0 Å². The normalized spacial score (nSPS) is 16.0. The zero-order valence-electron chi connectivity index (χ0n) is 6.66. The van der Waals surface area contributed by atoms with Gasteiger partial charge in [-0.3, -0.25) is 4.79 Å². The Kier molecular flexibility index (Phi) is 4.03. The molecule has 0 fully saturated rings. The molecular formula is C7H14NO2. The van der Waals surface area contributed by atoms with Crippen LogP contribution < -0.4 is 0 Å². The molecule has 0 bridgehead atoms. The molecule has 0 saturated heterocycles. The molecule has 3 nitrogen and oxygen atoms in total. The molecule has 59 valence electrons. The van der Waals surface area contributed by atoms with E-state index in [9.17, 15) is 4.79 Å². The van der Waals surface area contributed by atoms with Gasteiger partial charge in [0.15, 0.2) is 0 Å². The van der Waals surface area contributed by atoms with Gasteiger partial charge in [0.1, 0.15) is 6.23 Å². The van der Waals surface area contributed by atoms with Crippen LogP contribution in [0, 0.1) is 0 Å². The topological polar surface area (TPSA) is 40.5 Å². The molecule has 2 unspecified atom stereocenters. The van der Waals surface area contributed by atoms with Gasteiger partial charge in [0, 0.05) is 6.04 Å². The molecule has 0 aliphatic carbocycles. The highest BCUT2D eigenvalue weighted by Crippen LogP contribution is 2.02. The van der Waals surface area contributed by atoms with E-state index in [0.717, 1.165) is 6.42 Å². The minimum Gasteiger partial charge on any atom is -0.374 e. The van der Waals surface area contributed by atoms with Crippen molar-refractivity contribution in [2.75, 3.05) is 0 Å². The van der Waals surface area contributed by atoms with E-state index < -0.39 is 6.23 Å². The Morgan fingerprint density at radius 1 is 1.60 bits per heavy atom. The molecule has 1 N–H and O–H groups in total. The Morgan fingerprint density at radius 2 is 2.10 bits per heavy atom. The maximum atomic E-state index is 10.2. The largest absolute Gasteiger partial charge is 0.374 e. The van der Waals surface area contributed by atoms with Crippen molar-refractivity contribution in [3.05, 3.63) is 0 Å². The van der Waals surface area contributed by atoms with Crippen LogP contribution in [0.2, 0.25) is 0 Å². The second-order valence-corrected chi connectivity index (χ2v) is 2.39. The Bertz CT molecular complexity index is 104. The molecule has 0 spiro atoms. The van der Waals surface area contributed by atoms with Crippen LogP contribution in [0.3, 0.4) is 0 Å². The Hall–Kier alpha value is -0.570. The number of carbonyl (C=O) groups excluding carboxylic acids is 1. The zero-order chi connectivity index (χ0) is 8.15. The van der Waals surface area contributed by atoms with Gasteiger partial charge in [-0.25, -0.2) is 0 Å². The number of hydrogen-bond donors (Lipinski definition) is 1. The molecule has 1 radical (unpaired) electrons. The van der Waals surface area contributed by atoms with Gasteiger partial charge in [0.25, 0.3) is 0 Å². The van der Waals surface area contributed by atoms with Crippen LogP contribution in [-0.2, 0) is 4.79 Å². The van der Waals surface area contributed by atoms with Crippen molar-refractivity contribution in [2.24, 2.45) is 0 Å². The van der Waals surface area contributed by atoms with Crippen molar-refractivity contribution < 1.29 is 9.90 Å². The van der Waals surface area contributed by atoms with Crippen LogP contribution in [0.1, 0.15) is 27.2 Å². The summed E-state index contributed by atoms with van der Waals surface area (Å²) in [5, 5.41) is 8.98. The summed E-state index contributed by atoms with van der Waals surface area (Å²) < 4.78 is 0. The van der Waals surface area contributed by atoms with E-state index in [2.05, 4.69) is 0 Å². The first-order valence-electron chi connectivity index (χ1n) is 3.47. The lowest BCUT2D eigenvalue weighted by molar-refractivity contribution is 0.0445. The maximum Gasteiger partial charge on any atom is 0.314 e. The van der Waals surface area contributed by atoms with Gasteiger partial charge in [0.2, 0.25) is 0 Å². The molecule has 0 aliphatic rings. The summed E-state index contributed by atoms with van der Waals surface area (Å²) in [6.07, 6.45) is 1.79. The van der Waals surface area contributed by atoms with Gasteiger partial charge in [-0.2, -0.15) is 0 Å². The van der Waals surface area contributed by atoms with Gasteiger partial charge in [-0.05, 0) is 20.3 Å². The quantitative estimate of drug-likeness (QED) is 0.461. The summed E-state index contributed by atoms with van der Waals surface area (Å²) in [6, 6.07) is 0.0671. The molecule has 3 heteroatoms. The maximum absolute atomic E-state index is 10.2. The van der Waals surface area contributed by atoms with E-state index in [1.807, 2.05) is 13.8 Å². The standard InChI is InChI=1S/C7H14NO2/c1-4-6(2)8(5-9)7(3)10/h6-7,10H,4H2,1-3H3. The minimum atomic E-state index is -0.729. The number of aliphatic hydroxyl groups excluding tert-OH is 1. The second kappa shape index (κ2) is 4.28. The molecule has 1 amide bonds. The summed E-state index contributed by atoms with van der Waals surface area (Å²) in [6.45, 7) is 5.38. The molecule has 0 aromatic rings. The fourth-order valence-electron chi connectivity index (χ4n) is 0.731. The van der Waals surface area contributed by atoms with Crippen LogP contribution in [0.4, 0.5) is 0 Å². The fraction of sp³-hybridized carbons (Fsp3) is 0.857. The zero-order valence-corrected chi connectivity index (χ0v) is 6.66. The third-order valence-electron chi connectivity index (χ3n) is 1.57. The molecule has 10 heavy (non-hydrogen) atoms. The highest BCUT2D eigenvalue weighted by Gasteiger charge is 2.14. The molecule has 0 heterocycles. The van der Waals surface area contributed by atoms with Crippen LogP contribution in [0.15, 0.2) is 0 Å². The van der Waals surface area contributed by atoms with E-state index in [1.165, 1.54) is 4.90 Å². The molecule has 0 rings (SSSR count). The van der Waals surface area contributed by atoms with Crippen LogP contribution in [0.5, 0.6) is 0 Å². The molecule has 0 aromatic heterocycles. The summed E-state index contributed by atoms with van der Waals surface area (Å²) >= 11 is 0. The predicted octanol–water partition coefficient (Wildman–Crippen LogP) is 0.492. The van der Waals surface area contributed by atoms with Crippen molar-refractivity contribution >= 4 is 6.41 Å². The first-order chi connectivity index (χ1) is 4.63. The smallest absolute Gasteiger partial charge is 0.314 e. The van der Waals surface area contributed by atoms with Gasteiger partial charge >= 0.3 is 6.41 Å². The minimum absolute atomic E-state index is 0.0671. The van der Waals surface area contributed by atoms with Crippen LogP contribution in [-0.4, -0.2) is 28.7 Å². The number of nitrogens with zero attached hydrogens (tertiary/aromatic N) is 1. The van der Waals surface area contributed by atoms with Crippen molar-refractivity contribution in [1.29, 1.82) is 0 Å². The van der Waals surface area contributed by atoms with E-state index in [1.54, 1.807) is 13.3 Å². The number of amides is 1. The lowest BCUT2D eigenvalue weighted by atomic mass is 10.2. The average Bonchev–Trinajstić information content (AvgIpc) is 1.88. The molecule has 0 aromatic carbocycles. The summed E-state index contributed by atoms with van der Waals surface area (Å²) in [4.78, 5) is 11.5. The number of rotatable bonds is 4. The fourth-order valence-corrected chi connectivity index (χ4v) is 0.731. The van der Waals surface area contributed by atoms with Crippen molar-refractivity contribution in [1.82, 2.24) is 4.90 Å². The van der Waals surface area contributed by atoms with Crippen LogP contribution in [0.25, 0.3) is 0 Å². The van der Waals surface area contributed by atoms with Gasteiger partial charge in [-0.1, -0.05) is 6.92 Å². The van der Waals surface area contributed by atoms with E-state index in [4.69, 9.17) is 5.11 Å². The SMILES string of the molecule is CCC(C)N([C]=O)C(C)O. The van der Waals surface area contributed by atoms with E-state index in [-0.39, 0.29) is 6.04 Å². The third-order valence-corrected chi connectivity index (χ3v) is 1.57. The molecule has 2 atom stereocenters. The summed E-state index contributed by atoms with van der Waals surface area (Å²) in [5.41, 5.74) is 0. The summed E-state index contributed by atoms with van der Waals surface area (Å²) in [5.74, 6) is 0. The predicted molar refractivity (Wildman–Crippen MR) is 39.0 cm³/mol. The molecule has 0 saturated carbocycles. The number of aliphatic hydroxyl groups is 1. The van der Waals surface area contributed by atoms with Crippen molar-refractivity contribution in [3.63, 3.8) is 0 Å². The highest BCUT2D eigenvalue weighted by molar-refractivity contribution is 5.48. The first kappa shape index (κ1) is 9.43. The second-order valence-electron chi connectivity index (χ2n) is 2.39. The Morgan fingerprint density at radius 3 is 2.20 bits per heavy atom. The average molecular weight is 144 g/mol. The lowest BCUT2D eigenvalue weighted by Gasteiger charge is -2.25. The van der Waals surface area contributed by atoms with Gasteiger partial charge in [-0.15, -0.1) is 0 Å². The van der Waals surface area contributed by atoms with Crippen LogP contribution >= 0.6 is 0 Å². The summed E-state index contributed by atoms with van der Waals surface area (Å²) in [7, 11) is 0. The first-order valence-corrected chi connectivity index (χ1v) is 3.47. The number of hydrogen-bond acceptors (Lipinski definition) is 2.